The van der Waals surface area contributed by atoms with Crippen molar-refractivity contribution in [2.24, 2.45) is 0 Å². The quantitative estimate of drug-likeness (QED) is 0.481. The summed E-state index contributed by atoms with van der Waals surface area (Å²) in [6.45, 7) is 6.52. The second-order valence-electron chi connectivity index (χ2n) is 6.58. The smallest absolute Gasteiger partial charge is 0.256 e. The number of nitrogens with zero attached hydrogens (tertiary/aromatic N) is 5. The van der Waals surface area contributed by atoms with Gasteiger partial charge in [-0.25, -0.2) is 4.98 Å². The molecular formula is C21H21N5OS. The summed E-state index contributed by atoms with van der Waals surface area (Å²) < 4.78 is 1.89. The topological polar surface area (TPSA) is 63.4 Å². The predicted molar refractivity (Wildman–Crippen MR) is 113 cm³/mol. The number of hydrogen-bond acceptors (Lipinski definition) is 5. The third-order valence-electron chi connectivity index (χ3n) is 4.66. The summed E-state index contributed by atoms with van der Waals surface area (Å²) in [7, 11) is 0. The minimum atomic E-state index is 0.0401. The highest BCUT2D eigenvalue weighted by molar-refractivity contribution is 7.99. The van der Waals surface area contributed by atoms with Crippen LogP contribution in [0, 0.1) is 13.8 Å². The minimum Gasteiger partial charge on any atom is -0.311 e. The first kappa shape index (κ1) is 18.4. The first-order valence-corrected chi connectivity index (χ1v) is 10.2. The van der Waals surface area contributed by atoms with E-state index in [1.807, 2.05) is 60.4 Å². The van der Waals surface area contributed by atoms with Gasteiger partial charge in [0.1, 0.15) is 0 Å². The Bertz CT molecular complexity index is 1160. The highest BCUT2D eigenvalue weighted by Crippen LogP contribution is 2.28. The average Bonchev–Trinajstić information content (AvgIpc) is 3.10. The van der Waals surface area contributed by atoms with Crippen LogP contribution >= 0.6 is 11.8 Å². The van der Waals surface area contributed by atoms with Gasteiger partial charge in [0.15, 0.2) is 5.16 Å². The zero-order chi connectivity index (χ0) is 19.7. The van der Waals surface area contributed by atoms with Crippen molar-refractivity contribution < 1.29 is 4.79 Å². The second-order valence-corrected chi connectivity index (χ2v) is 7.52. The van der Waals surface area contributed by atoms with Crippen LogP contribution in [-0.2, 0) is 4.79 Å². The molecule has 4 rings (SSSR count). The molecule has 0 atom stereocenters. The number of carbonyl (C=O) groups is 1. The number of rotatable bonds is 5. The first-order chi connectivity index (χ1) is 13.6. The van der Waals surface area contributed by atoms with Crippen LogP contribution in [0.5, 0.6) is 0 Å². The molecule has 0 aliphatic carbocycles. The van der Waals surface area contributed by atoms with E-state index in [0.29, 0.717) is 17.5 Å². The van der Waals surface area contributed by atoms with Crippen LogP contribution in [-0.4, -0.2) is 37.8 Å². The molecule has 4 aromatic rings. The van der Waals surface area contributed by atoms with Gasteiger partial charge in [-0.2, -0.15) is 0 Å². The Morgan fingerprint density at radius 2 is 1.89 bits per heavy atom. The molecule has 0 N–H and O–H groups in total. The number of thioether (sulfide) groups is 1. The number of aromatic nitrogens is 4. The molecule has 0 radical (unpaired) electrons. The number of amides is 1. The Labute approximate surface area is 167 Å². The zero-order valence-electron chi connectivity index (χ0n) is 16.1. The summed E-state index contributed by atoms with van der Waals surface area (Å²) in [4.78, 5) is 19.2. The summed E-state index contributed by atoms with van der Waals surface area (Å²) >= 11 is 1.39. The third kappa shape index (κ3) is 3.33. The highest BCUT2D eigenvalue weighted by atomic mass is 32.2. The molecule has 7 heteroatoms. The molecule has 0 aliphatic rings. The van der Waals surface area contributed by atoms with Crippen LogP contribution < -0.4 is 4.90 Å². The monoisotopic (exact) mass is 391 g/mol. The van der Waals surface area contributed by atoms with E-state index < -0.39 is 0 Å². The summed E-state index contributed by atoms with van der Waals surface area (Å²) in [5.74, 6) is 0.887. The molecule has 142 valence electrons. The van der Waals surface area contributed by atoms with Crippen molar-refractivity contribution in [2.75, 3.05) is 17.2 Å². The fourth-order valence-electron chi connectivity index (χ4n) is 3.42. The molecule has 2 heterocycles. The summed E-state index contributed by atoms with van der Waals surface area (Å²) in [5, 5.41) is 11.2. The Kier molecular flexibility index (Phi) is 5.00. The van der Waals surface area contributed by atoms with Gasteiger partial charge in [-0.15, -0.1) is 10.2 Å². The number of benzene rings is 2. The Morgan fingerprint density at radius 1 is 1.11 bits per heavy atom. The summed E-state index contributed by atoms with van der Waals surface area (Å²) in [5.41, 5.74) is 2.84. The molecule has 0 saturated carbocycles. The van der Waals surface area contributed by atoms with E-state index in [9.17, 15) is 4.79 Å². The third-order valence-corrected chi connectivity index (χ3v) is 5.58. The van der Waals surface area contributed by atoms with E-state index in [2.05, 4.69) is 33.4 Å². The number of anilines is 1. The van der Waals surface area contributed by atoms with Gasteiger partial charge in [0.05, 0.1) is 11.4 Å². The van der Waals surface area contributed by atoms with Gasteiger partial charge in [-0.3, -0.25) is 9.20 Å². The Morgan fingerprint density at radius 3 is 2.71 bits per heavy atom. The fourth-order valence-corrected chi connectivity index (χ4v) is 4.28. The molecule has 2 aromatic carbocycles. The Hall–Kier alpha value is -2.93. The van der Waals surface area contributed by atoms with Crippen molar-refractivity contribution in [3.05, 3.63) is 59.9 Å². The second kappa shape index (κ2) is 7.59. The van der Waals surface area contributed by atoms with Crippen LogP contribution in [0.2, 0.25) is 0 Å². The van der Waals surface area contributed by atoms with Gasteiger partial charge in [-0.1, -0.05) is 48.2 Å². The van der Waals surface area contributed by atoms with Gasteiger partial charge in [-0.05, 0) is 38.3 Å². The van der Waals surface area contributed by atoms with Crippen molar-refractivity contribution in [3.63, 3.8) is 0 Å². The van der Waals surface area contributed by atoms with Gasteiger partial charge in [0.25, 0.3) is 5.78 Å². The van der Waals surface area contributed by atoms with Crippen molar-refractivity contribution >= 4 is 39.9 Å². The minimum absolute atomic E-state index is 0.0401. The Balaban J connectivity index is 1.59. The van der Waals surface area contributed by atoms with Crippen molar-refractivity contribution in [2.45, 2.75) is 25.9 Å². The molecule has 0 spiro atoms. The summed E-state index contributed by atoms with van der Waals surface area (Å²) in [6.07, 6.45) is 0. The van der Waals surface area contributed by atoms with E-state index in [0.717, 1.165) is 27.8 Å². The molecule has 0 fully saturated rings. The van der Waals surface area contributed by atoms with Crippen LogP contribution in [0.1, 0.15) is 18.3 Å². The number of carbonyl (C=O) groups excluding carboxylic acids is 1. The van der Waals surface area contributed by atoms with Crippen LogP contribution in [0.15, 0.2) is 53.7 Å². The number of fused-ring (bicyclic) bond motifs is 2. The normalized spacial score (nSPS) is 11.2. The number of aryl methyl sites for hydroxylation is 2. The molecule has 6 nitrogen and oxygen atoms in total. The van der Waals surface area contributed by atoms with E-state index in [4.69, 9.17) is 0 Å². The van der Waals surface area contributed by atoms with Crippen LogP contribution in [0.3, 0.4) is 0 Å². The van der Waals surface area contributed by atoms with Gasteiger partial charge >= 0.3 is 0 Å². The lowest BCUT2D eigenvalue weighted by Gasteiger charge is -2.22. The van der Waals surface area contributed by atoms with Gasteiger partial charge in [0, 0.05) is 23.3 Å². The maximum absolute atomic E-state index is 13.0. The fraction of sp³-hybridized carbons (Fsp3) is 0.238. The lowest BCUT2D eigenvalue weighted by molar-refractivity contribution is -0.116. The summed E-state index contributed by atoms with van der Waals surface area (Å²) in [6, 6.07) is 16.2. The highest BCUT2D eigenvalue weighted by Gasteiger charge is 2.18. The van der Waals surface area contributed by atoms with Gasteiger partial charge in [0.2, 0.25) is 5.91 Å². The standard InChI is InChI=1S/C21H21N5OS/c1-4-25(18-11-7-9-16-8-5-6-10-17(16)18)19(27)13-28-21-24-23-20-22-14(2)12-15(3)26(20)21/h5-12H,4,13H2,1-3H3. The van der Waals surface area contributed by atoms with Crippen molar-refractivity contribution in [1.29, 1.82) is 0 Å². The SMILES string of the molecule is CCN(C(=O)CSc1nnc2nc(C)cc(C)n12)c1cccc2ccccc12. The largest absolute Gasteiger partial charge is 0.311 e. The predicted octanol–water partition coefficient (Wildman–Crippen LogP) is 4.04. The van der Waals surface area contributed by atoms with E-state index in [1.54, 1.807) is 0 Å². The van der Waals surface area contributed by atoms with Crippen molar-refractivity contribution in [3.8, 4) is 0 Å². The number of hydrogen-bond donors (Lipinski definition) is 0. The van der Waals surface area contributed by atoms with Crippen LogP contribution in [0.25, 0.3) is 16.6 Å². The van der Waals surface area contributed by atoms with Gasteiger partial charge < -0.3 is 4.90 Å². The molecule has 0 saturated heterocycles. The zero-order valence-corrected chi connectivity index (χ0v) is 16.9. The molecule has 0 unspecified atom stereocenters. The molecule has 2 aromatic heterocycles. The average molecular weight is 392 g/mol. The molecule has 1 amide bonds. The molecule has 0 bridgehead atoms. The van der Waals surface area contributed by atoms with E-state index in [1.165, 1.54) is 11.8 Å². The first-order valence-electron chi connectivity index (χ1n) is 9.18. The van der Waals surface area contributed by atoms with Crippen LogP contribution in [0.4, 0.5) is 5.69 Å². The molecule has 28 heavy (non-hydrogen) atoms. The van der Waals surface area contributed by atoms with Crippen molar-refractivity contribution in [1.82, 2.24) is 19.6 Å². The molecule has 0 aliphatic heterocycles. The maximum Gasteiger partial charge on any atom is 0.256 e. The lowest BCUT2D eigenvalue weighted by Crippen LogP contribution is -2.32. The maximum atomic E-state index is 13.0. The molecular weight excluding hydrogens is 370 g/mol. The van der Waals surface area contributed by atoms with E-state index in [-0.39, 0.29) is 11.7 Å². The van der Waals surface area contributed by atoms with E-state index >= 15 is 0 Å². The lowest BCUT2D eigenvalue weighted by atomic mass is 10.1.